The number of hydrogen-bond acceptors (Lipinski definition) is 2. The van der Waals surface area contributed by atoms with E-state index in [4.69, 9.17) is 21.4 Å². The molecule has 0 bridgehead atoms. The van der Waals surface area contributed by atoms with E-state index in [0.29, 0.717) is 6.61 Å². The highest BCUT2D eigenvalue weighted by Gasteiger charge is 2.27. The van der Waals surface area contributed by atoms with E-state index in [1.54, 1.807) is 0 Å². The molecule has 0 amide bonds. The molecule has 2 nitrogen and oxygen atoms in total. The standard InChI is InChI=1S/C11H13ClO2/c12-11-4-2-1-3-8(11)7-14-10-5-9(13)6-10/h1-4,9-10,13H,5-7H2. The lowest BCUT2D eigenvalue weighted by Crippen LogP contribution is -2.35. The zero-order valence-electron chi connectivity index (χ0n) is 7.82. The Morgan fingerprint density at radius 3 is 2.71 bits per heavy atom. The van der Waals surface area contributed by atoms with Gasteiger partial charge in [-0.15, -0.1) is 0 Å². The Balaban J connectivity index is 1.83. The van der Waals surface area contributed by atoms with E-state index in [1.165, 1.54) is 0 Å². The van der Waals surface area contributed by atoms with E-state index >= 15 is 0 Å². The van der Waals surface area contributed by atoms with Gasteiger partial charge in [-0.05, 0) is 24.5 Å². The van der Waals surface area contributed by atoms with Gasteiger partial charge in [-0.25, -0.2) is 0 Å². The third-order valence-corrected chi connectivity index (χ3v) is 2.87. The Bertz CT molecular complexity index is 308. The highest BCUT2D eigenvalue weighted by Crippen LogP contribution is 2.25. The van der Waals surface area contributed by atoms with Crippen LogP contribution in [0, 0.1) is 0 Å². The van der Waals surface area contributed by atoms with Crippen molar-refractivity contribution >= 4 is 11.6 Å². The smallest absolute Gasteiger partial charge is 0.0735 e. The van der Waals surface area contributed by atoms with Crippen molar-refractivity contribution < 1.29 is 9.84 Å². The monoisotopic (exact) mass is 212 g/mol. The van der Waals surface area contributed by atoms with Crippen LogP contribution >= 0.6 is 11.6 Å². The summed E-state index contributed by atoms with van der Waals surface area (Å²) in [5.41, 5.74) is 1.01. The van der Waals surface area contributed by atoms with Crippen LogP contribution in [0.2, 0.25) is 5.02 Å². The fourth-order valence-electron chi connectivity index (χ4n) is 1.50. The molecule has 1 aromatic rings. The van der Waals surface area contributed by atoms with Gasteiger partial charge in [0.25, 0.3) is 0 Å². The van der Waals surface area contributed by atoms with Gasteiger partial charge in [0.2, 0.25) is 0 Å². The summed E-state index contributed by atoms with van der Waals surface area (Å²) in [6.45, 7) is 0.539. The fraction of sp³-hybridized carbons (Fsp3) is 0.455. The van der Waals surface area contributed by atoms with Gasteiger partial charge < -0.3 is 9.84 Å². The SMILES string of the molecule is OC1CC(OCc2ccccc2Cl)C1. The summed E-state index contributed by atoms with van der Waals surface area (Å²) in [6, 6.07) is 7.66. The lowest BCUT2D eigenvalue weighted by molar-refractivity contribution is -0.0778. The Hall–Kier alpha value is -0.570. The molecule has 0 atom stereocenters. The van der Waals surface area contributed by atoms with Gasteiger partial charge in [0.1, 0.15) is 0 Å². The van der Waals surface area contributed by atoms with Crippen LogP contribution in [-0.4, -0.2) is 17.3 Å². The second kappa shape index (κ2) is 4.30. The van der Waals surface area contributed by atoms with Crippen molar-refractivity contribution in [3.05, 3.63) is 34.9 Å². The third kappa shape index (κ3) is 2.27. The number of benzene rings is 1. The van der Waals surface area contributed by atoms with Crippen LogP contribution in [0.5, 0.6) is 0 Å². The quantitative estimate of drug-likeness (QED) is 0.834. The van der Waals surface area contributed by atoms with Crippen LogP contribution in [0.4, 0.5) is 0 Å². The van der Waals surface area contributed by atoms with E-state index in [0.717, 1.165) is 23.4 Å². The predicted octanol–water partition coefficient (Wildman–Crippen LogP) is 2.38. The van der Waals surface area contributed by atoms with Crippen LogP contribution in [0.3, 0.4) is 0 Å². The highest BCUT2D eigenvalue weighted by atomic mass is 35.5. The van der Waals surface area contributed by atoms with Crippen molar-refractivity contribution in [2.75, 3.05) is 0 Å². The minimum atomic E-state index is -0.161. The summed E-state index contributed by atoms with van der Waals surface area (Å²) in [7, 11) is 0. The molecule has 2 rings (SSSR count). The van der Waals surface area contributed by atoms with Crippen molar-refractivity contribution in [2.45, 2.75) is 31.7 Å². The number of aliphatic hydroxyl groups is 1. The van der Waals surface area contributed by atoms with Gasteiger partial charge in [0.15, 0.2) is 0 Å². The van der Waals surface area contributed by atoms with Crippen molar-refractivity contribution in [2.24, 2.45) is 0 Å². The molecule has 0 radical (unpaired) electrons. The lowest BCUT2D eigenvalue weighted by atomic mass is 9.92. The fourth-order valence-corrected chi connectivity index (χ4v) is 1.69. The molecule has 1 aromatic carbocycles. The number of hydrogen-bond donors (Lipinski definition) is 1. The second-order valence-corrected chi connectivity index (χ2v) is 4.06. The van der Waals surface area contributed by atoms with Gasteiger partial charge in [0.05, 0.1) is 18.8 Å². The van der Waals surface area contributed by atoms with Crippen molar-refractivity contribution in [1.29, 1.82) is 0 Å². The zero-order chi connectivity index (χ0) is 9.97. The van der Waals surface area contributed by atoms with E-state index in [1.807, 2.05) is 24.3 Å². The van der Waals surface area contributed by atoms with Gasteiger partial charge >= 0.3 is 0 Å². The Morgan fingerprint density at radius 2 is 2.07 bits per heavy atom. The molecule has 1 N–H and O–H groups in total. The minimum Gasteiger partial charge on any atom is -0.393 e. The van der Waals surface area contributed by atoms with Crippen LogP contribution in [0.15, 0.2) is 24.3 Å². The second-order valence-electron chi connectivity index (χ2n) is 3.65. The van der Waals surface area contributed by atoms with Crippen molar-refractivity contribution in [1.82, 2.24) is 0 Å². The molecular weight excluding hydrogens is 200 g/mol. The summed E-state index contributed by atoms with van der Waals surface area (Å²) >= 11 is 5.97. The Labute approximate surface area is 88.5 Å². The first-order valence-corrected chi connectivity index (χ1v) is 5.16. The molecule has 1 saturated carbocycles. The van der Waals surface area contributed by atoms with Crippen molar-refractivity contribution in [3.63, 3.8) is 0 Å². The molecule has 0 aliphatic heterocycles. The maximum absolute atomic E-state index is 9.06. The molecule has 0 spiro atoms. The maximum Gasteiger partial charge on any atom is 0.0735 e. The van der Waals surface area contributed by atoms with E-state index in [9.17, 15) is 0 Å². The summed E-state index contributed by atoms with van der Waals surface area (Å²) in [6.07, 6.45) is 1.56. The van der Waals surface area contributed by atoms with Crippen molar-refractivity contribution in [3.8, 4) is 0 Å². The molecule has 0 heterocycles. The van der Waals surface area contributed by atoms with Crippen LogP contribution in [-0.2, 0) is 11.3 Å². The molecular formula is C11H13ClO2. The van der Waals surface area contributed by atoms with Gasteiger partial charge in [-0.1, -0.05) is 29.8 Å². The molecule has 14 heavy (non-hydrogen) atoms. The average Bonchev–Trinajstić information content (AvgIpc) is 2.13. The van der Waals surface area contributed by atoms with Crippen LogP contribution in [0.1, 0.15) is 18.4 Å². The number of halogens is 1. The first-order chi connectivity index (χ1) is 6.75. The minimum absolute atomic E-state index is 0.161. The van der Waals surface area contributed by atoms with E-state index in [2.05, 4.69) is 0 Å². The highest BCUT2D eigenvalue weighted by molar-refractivity contribution is 6.31. The molecule has 76 valence electrons. The first kappa shape index (κ1) is 9.97. The zero-order valence-corrected chi connectivity index (χ0v) is 8.57. The largest absolute Gasteiger partial charge is 0.393 e. The van der Waals surface area contributed by atoms with E-state index < -0.39 is 0 Å². The molecule has 1 aliphatic carbocycles. The molecule has 3 heteroatoms. The normalized spacial score (nSPS) is 25.9. The number of aliphatic hydroxyl groups excluding tert-OH is 1. The molecule has 1 fully saturated rings. The summed E-state index contributed by atoms with van der Waals surface area (Å²) in [5.74, 6) is 0. The third-order valence-electron chi connectivity index (χ3n) is 2.50. The van der Waals surface area contributed by atoms with E-state index in [-0.39, 0.29) is 12.2 Å². The number of ether oxygens (including phenoxy) is 1. The summed E-state index contributed by atoms with van der Waals surface area (Å²) in [4.78, 5) is 0. The molecule has 0 unspecified atom stereocenters. The van der Waals surface area contributed by atoms with Crippen LogP contribution in [0.25, 0.3) is 0 Å². The Kier molecular flexibility index (Phi) is 3.06. The summed E-state index contributed by atoms with van der Waals surface area (Å²) in [5, 5.41) is 9.81. The van der Waals surface area contributed by atoms with Gasteiger partial charge in [0, 0.05) is 5.02 Å². The molecule has 0 aromatic heterocycles. The summed E-state index contributed by atoms with van der Waals surface area (Å²) < 4.78 is 5.57. The molecule has 1 aliphatic rings. The topological polar surface area (TPSA) is 29.5 Å². The van der Waals surface area contributed by atoms with Gasteiger partial charge in [-0.3, -0.25) is 0 Å². The lowest BCUT2D eigenvalue weighted by Gasteiger charge is -2.31. The maximum atomic E-state index is 9.06. The van der Waals surface area contributed by atoms with Gasteiger partial charge in [-0.2, -0.15) is 0 Å². The first-order valence-electron chi connectivity index (χ1n) is 4.79. The average molecular weight is 213 g/mol. The van der Waals surface area contributed by atoms with Crippen LogP contribution < -0.4 is 0 Å². The predicted molar refractivity (Wildman–Crippen MR) is 55.3 cm³/mol. The Morgan fingerprint density at radius 1 is 1.36 bits per heavy atom. The molecule has 0 saturated heterocycles. The number of rotatable bonds is 3.